The highest BCUT2D eigenvalue weighted by molar-refractivity contribution is 5.82. The molecule has 0 radical (unpaired) electrons. The summed E-state index contributed by atoms with van der Waals surface area (Å²) in [6, 6.07) is 0. The number of amides is 1. The van der Waals surface area contributed by atoms with Crippen molar-refractivity contribution in [2.24, 2.45) is 11.3 Å². The van der Waals surface area contributed by atoms with Crippen LogP contribution in [0.15, 0.2) is 0 Å². The summed E-state index contributed by atoms with van der Waals surface area (Å²) in [5.41, 5.74) is -0.739. The number of carbonyl (C=O) groups is 2. The number of carboxylic acid groups (broad SMARTS) is 1. The highest BCUT2D eigenvalue weighted by Gasteiger charge is 2.43. The van der Waals surface area contributed by atoms with Crippen molar-refractivity contribution in [3.63, 3.8) is 0 Å². The van der Waals surface area contributed by atoms with E-state index in [-0.39, 0.29) is 11.8 Å². The first kappa shape index (κ1) is 14.4. The van der Waals surface area contributed by atoms with Gasteiger partial charge in [-0.15, -0.1) is 0 Å². The number of aliphatic carboxylic acids is 1. The zero-order valence-electron chi connectivity index (χ0n) is 11.9. The molecule has 1 unspecified atom stereocenters. The third-order valence-corrected chi connectivity index (χ3v) is 4.76. The molecule has 2 fully saturated rings. The Labute approximate surface area is 115 Å². The number of nitrogens with zero attached hydrogens (tertiary/aromatic N) is 1. The fourth-order valence-electron chi connectivity index (χ4n) is 3.29. The maximum atomic E-state index is 12.5. The molecule has 0 aromatic heterocycles. The molecule has 0 spiro atoms. The van der Waals surface area contributed by atoms with E-state index in [9.17, 15) is 14.7 Å². The van der Waals surface area contributed by atoms with E-state index in [1.54, 1.807) is 11.8 Å². The Kier molecular flexibility index (Phi) is 4.48. The van der Waals surface area contributed by atoms with Gasteiger partial charge < -0.3 is 10.0 Å². The molecule has 4 heteroatoms. The quantitative estimate of drug-likeness (QED) is 0.836. The molecule has 0 aromatic rings. The average molecular weight is 267 g/mol. The molecule has 19 heavy (non-hydrogen) atoms. The maximum absolute atomic E-state index is 12.5. The van der Waals surface area contributed by atoms with Crippen molar-refractivity contribution in [3.05, 3.63) is 0 Å². The predicted octanol–water partition coefficient (Wildman–Crippen LogP) is 2.67. The lowest BCUT2D eigenvalue weighted by atomic mass is 9.89. The average Bonchev–Trinajstić information content (AvgIpc) is 2.72. The molecule has 1 saturated carbocycles. The van der Waals surface area contributed by atoms with Gasteiger partial charge in [0, 0.05) is 19.0 Å². The first-order valence-electron chi connectivity index (χ1n) is 7.55. The summed E-state index contributed by atoms with van der Waals surface area (Å²) in [6.07, 6.45) is 8.59. The van der Waals surface area contributed by atoms with Gasteiger partial charge in [0.1, 0.15) is 0 Å². The Bertz CT molecular complexity index is 347. The van der Waals surface area contributed by atoms with Crippen molar-refractivity contribution in [2.45, 2.75) is 58.3 Å². The van der Waals surface area contributed by atoms with Crippen LogP contribution in [0.1, 0.15) is 58.3 Å². The largest absolute Gasteiger partial charge is 0.481 e. The van der Waals surface area contributed by atoms with Gasteiger partial charge in [-0.05, 0) is 26.2 Å². The normalized spacial score (nSPS) is 29.8. The SMILES string of the molecule is CC1(C(=O)O)CCN(C(=O)C2CCCCCCC2)C1. The lowest BCUT2D eigenvalue weighted by Crippen LogP contribution is -2.38. The van der Waals surface area contributed by atoms with E-state index < -0.39 is 11.4 Å². The van der Waals surface area contributed by atoms with Crippen LogP contribution >= 0.6 is 0 Å². The Morgan fingerprint density at radius 3 is 2.21 bits per heavy atom. The molecule has 1 heterocycles. The van der Waals surface area contributed by atoms with E-state index in [1.807, 2.05) is 0 Å². The van der Waals surface area contributed by atoms with Crippen molar-refractivity contribution >= 4 is 11.9 Å². The van der Waals surface area contributed by atoms with Crippen LogP contribution in [-0.2, 0) is 9.59 Å². The van der Waals surface area contributed by atoms with Gasteiger partial charge in [0.25, 0.3) is 0 Å². The third kappa shape index (κ3) is 3.28. The molecule has 108 valence electrons. The van der Waals surface area contributed by atoms with Crippen LogP contribution in [0.25, 0.3) is 0 Å². The summed E-state index contributed by atoms with van der Waals surface area (Å²) < 4.78 is 0. The number of likely N-dealkylation sites (tertiary alicyclic amines) is 1. The van der Waals surface area contributed by atoms with Gasteiger partial charge in [0.15, 0.2) is 0 Å². The van der Waals surface area contributed by atoms with E-state index in [0.29, 0.717) is 19.5 Å². The van der Waals surface area contributed by atoms with Crippen LogP contribution in [0.5, 0.6) is 0 Å². The monoisotopic (exact) mass is 267 g/mol. The first-order chi connectivity index (χ1) is 9.03. The summed E-state index contributed by atoms with van der Waals surface area (Å²) in [4.78, 5) is 25.5. The van der Waals surface area contributed by atoms with Crippen LogP contribution in [0.2, 0.25) is 0 Å². The van der Waals surface area contributed by atoms with Gasteiger partial charge in [0.2, 0.25) is 5.91 Å². The summed E-state index contributed by atoms with van der Waals surface area (Å²) in [6.45, 7) is 2.75. The minimum atomic E-state index is -0.777. The predicted molar refractivity (Wildman–Crippen MR) is 72.7 cm³/mol. The Balaban J connectivity index is 1.94. The lowest BCUT2D eigenvalue weighted by Gasteiger charge is -2.26. The molecule has 1 aliphatic carbocycles. The molecule has 1 amide bonds. The fourth-order valence-corrected chi connectivity index (χ4v) is 3.29. The summed E-state index contributed by atoms with van der Waals surface area (Å²) in [5, 5.41) is 9.23. The van der Waals surface area contributed by atoms with Crippen molar-refractivity contribution in [1.82, 2.24) is 4.90 Å². The third-order valence-electron chi connectivity index (χ3n) is 4.76. The summed E-state index contributed by atoms with van der Waals surface area (Å²) in [7, 11) is 0. The van der Waals surface area contributed by atoms with E-state index >= 15 is 0 Å². The number of carboxylic acids is 1. The molecule has 1 aliphatic heterocycles. The van der Waals surface area contributed by atoms with Crippen LogP contribution < -0.4 is 0 Å². The second-order valence-electron chi connectivity index (χ2n) is 6.42. The van der Waals surface area contributed by atoms with Crippen LogP contribution in [0.4, 0.5) is 0 Å². The van der Waals surface area contributed by atoms with Crippen molar-refractivity contribution in [1.29, 1.82) is 0 Å². The zero-order chi connectivity index (χ0) is 13.9. The zero-order valence-corrected chi connectivity index (χ0v) is 11.9. The highest BCUT2D eigenvalue weighted by Crippen LogP contribution is 2.33. The molecule has 4 nitrogen and oxygen atoms in total. The standard InChI is InChI=1S/C15H25NO3/c1-15(14(18)19)9-10-16(11-15)13(17)12-7-5-3-2-4-6-8-12/h12H,2-11H2,1H3,(H,18,19). The number of carbonyl (C=O) groups excluding carboxylic acids is 1. The number of hydrogen-bond acceptors (Lipinski definition) is 2. The van der Waals surface area contributed by atoms with Crippen molar-refractivity contribution in [2.75, 3.05) is 13.1 Å². The van der Waals surface area contributed by atoms with Gasteiger partial charge in [-0.3, -0.25) is 9.59 Å². The second-order valence-corrected chi connectivity index (χ2v) is 6.42. The van der Waals surface area contributed by atoms with Gasteiger partial charge in [-0.2, -0.15) is 0 Å². The minimum absolute atomic E-state index is 0.136. The van der Waals surface area contributed by atoms with Crippen LogP contribution in [0.3, 0.4) is 0 Å². The fraction of sp³-hybridized carbons (Fsp3) is 0.867. The van der Waals surface area contributed by atoms with Gasteiger partial charge >= 0.3 is 5.97 Å². The smallest absolute Gasteiger partial charge is 0.311 e. The van der Waals surface area contributed by atoms with E-state index in [2.05, 4.69) is 0 Å². The van der Waals surface area contributed by atoms with Crippen molar-refractivity contribution < 1.29 is 14.7 Å². The molecular weight excluding hydrogens is 242 g/mol. The van der Waals surface area contributed by atoms with Gasteiger partial charge in [-0.25, -0.2) is 0 Å². The molecule has 2 rings (SSSR count). The van der Waals surface area contributed by atoms with Gasteiger partial charge in [0.05, 0.1) is 5.41 Å². The summed E-state index contributed by atoms with van der Waals surface area (Å²) >= 11 is 0. The molecule has 2 aliphatic rings. The number of hydrogen-bond donors (Lipinski definition) is 1. The van der Waals surface area contributed by atoms with Crippen LogP contribution in [0, 0.1) is 11.3 Å². The Hall–Kier alpha value is -1.06. The van der Waals surface area contributed by atoms with Gasteiger partial charge in [-0.1, -0.05) is 32.1 Å². The molecule has 0 aromatic carbocycles. The van der Waals surface area contributed by atoms with Crippen LogP contribution in [-0.4, -0.2) is 35.0 Å². The lowest BCUT2D eigenvalue weighted by molar-refractivity contribution is -0.147. The Morgan fingerprint density at radius 1 is 1.11 bits per heavy atom. The highest BCUT2D eigenvalue weighted by atomic mass is 16.4. The molecular formula is C15H25NO3. The first-order valence-corrected chi connectivity index (χ1v) is 7.55. The molecule has 1 saturated heterocycles. The van der Waals surface area contributed by atoms with Crippen molar-refractivity contribution in [3.8, 4) is 0 Å². The molecule has 0 bridgehead atoms. The number of rotatable bonds is 2. The summed E-state index contributed by atoms with van der Waals surface area (Å²) in [5.74, 6) is -0.441. The second kappa shape index (κ2) is 5.93. The maximum Gasteiger partial charge on any atom is 0.311 e. The Morgan fingerprint density at radius 2 is 1.68 bits per heavy atom. The minimum Gasteiger partial charge on any atom is -0.481 e. The topological polar surface area (TPSA) is 57.6 Å². The van der Waals surface area contributed by atoms with E-state index in [1.165, 1.54) is 19.3 Å². The van der Waals surface area contributed by atoms with E-state index in [4.69, 9.17) is 0 Å². The molecule has 1 N–H and O–H groups in total. The molecule has 1 atom stereocenters. The van der Waals surface area contributed by atoms with E-state index in [0.717, 1.165) is 25.7 Å².